The number of rotatable bonds is 6. The van der Waals surface area contributed by atoms with Gasteiger partial charge in [0.2, 0.25) is 0 Å². The first-order valence-corrected chi connectivity index (χ1v) is 9.77. The van der Waals surface area contributed by atoms with Crippen LogP contribution in [0.2, 0.25) is 0 Å². The summed E-state index contributed by atoms with van der Waals surface area (Å²) in [6.45, 7) is 5.39. The van der Waals surface area contributed by atoms with E-state index < -0.39 is 24.0 Å². The monoisotopic (exact) mass is 408 g/mol. The molecule has 2 aromatic rings. The van der Waals surface area contributed by atoms with Crippen LogP contribution in [0.15, 0.2) is 65.9 Å². The molecule has 0 aromatic heterocycles. The van der Waals surface area contributed by atoms with Crippen molar-refractivity contribution in [3.05, 3.63) is 77.0 Å². The fourth-order valence-electron chi connectivity index (χ4n) is 3.13. The number of hydrogen-bond acceptors (Lipinski definition) is 5. The molecule has 2 amide bonds. The van der Waals surface area contributed by atoms with Crippen molar-refractivity contribution in [2.24, 2.45) is 0 Å². The Bertz CT molecular complexity index is 965. The number of urea groups is 1. The zero-order valence-corrected chi connectivity index (χ0v) is 17.1. The van der Waals surface area contributed by atoms with E-state index >= 15 is 0 Å². The number of carbonyl (C=O) groups excluding carboxylic acids is 3. The van der Waals surface area contributed by atoms with Gasteiger partial charge in [0.1, 0.15) is 5.75 Å². The van der Waals surface area contributed by atoms with E-state index in [1.54, 1.807) is 62.4 Å². The molecule has 3 rings (SSSR count). The third-order valence-electron chi connectivity index (χ3n) is 4.50. The fourth-order valence-corrected chi connectivity index (χ4v) is 3.13. The van der Waals surface area contributed by atoms with Gasteiger partial charge in [-0.2, -0.15) is 0 Å². The van der Waals surface area contributed by atoms with E-state index in [-0.39, 0.29) is 6.10 Å². The molecule has 7 heteroatoms. The lowest BCUT2D eigenvalue weighted by molar-refractivity contribution is -0.143. The summed E-state index contributed by atoms with van der Waals surface area (Å²) in [5.41, 5.74) is 2.00. The molecule has 1 unspecified atom stereocenters. The highest BCUT2D eigenvalue weighted by atomic mass is 16.5. The molecule has 0 saturated carbocycles. The lowest BCUT2D eigenvalue weighted by Crippen LogP contribution is -2.46. The first-order valence-electron chi connectivity index (χ1n) is 9.77. The SMILES string of the molecule is CCC1=C(C(=O)OC(C)C)C(c2ccc(OC(=O)c3ccccc3)cc2)NC(=O)N1. The van der Waals surface area contributed by atoms with Crippen LogP contribution < -0.4 is 15.4 Å². The van der Waals surface area contributed by atoms with Crippen LogP contribution in [0.5, 0.6) is 5.75 Å². The minimum absolute atomic E-state index is 0.291. The summed E-state index contributed by atoms with van der Waals surface area (Å²) < 4.78 is 10.8. The normalized spacial score (nSPS) is 16.0. The van der Waals surface area contributed by atoms with Crippen molar-refractivity contribution in [2.75, 3.05) is 0 Å². The van der Waals surface area contributed by atoms with Gasteiger partial charge < -0.3 is 20.1 Å². The van der Waals surface area contributed by atoms with E-state index in [4.69, 9.17) is 9.47 Å². The number of allylic oxidation sites excluding steroid dienone is 1. The maximum Gasteiger partial charge on any atom is 0.343 e. The van der Waals surface area contributed by atoms with Crippen LogP contribution in [0.4, 0.5) is 4.79 Å². The molecule has 156 valence electrons. The number of carbonyl (C=O) groups is 3. The predicted molar refractivity (Wildman–Crippen MR) is 111 cm³/mol. The second-order valence-corrected chi connectivity index (χ2v) is 7.06. The molecule has 0 bridgehead atoms. The molecule has 2 aromatic carbocycles. The van der Waals surface area contributed by atoms with Gasteiger partial charge >= 0.3 is 18.0 Å². The average molecular weight is 408 g/mol. The Morgan fingerprint density at radius 2 is 1.67 bits per heavy atom. The van der Waals surface area contributed by atoms with Crippen LogP contribution in [0.25, 0.3) is 0 Å². The second kappa shape index (κ2) is 9.26. The van der Waals surface area contributed by atoms with Crippen molar-refractivity contribution in [1.29, 1.82) is 0 Å². The summed E-state index contributed by atoms with van der Waals surface area (Å²) in [5, 5.41) is 5.46. The van der Waals surface area contributed by atoms with Crippen LogP contribution in [0.3, 0.4) is 0 Å². The van der Waals surface area contributed by atoms with Crippen molar-refractivity contribution in [3.63, 3.8) is 0 Å². The Morgan fingerprint density at radius 1 is 1.00 bits per heavy atom. The van der Waals surface area contributed by atoms with E-state index in [0.717, 1.165) is 0 Å². The van der Waals surface area contributed by atoms with Crippen molar-refractivity contribution < 1.29 is 23.9 Å². The average Bonchev–Trinajstić information content (AvgIpc) is 2.73. The molecule has 2 N–H and O–H groups in total. The van der Waals surface area contributed by atoms with E-state index in [1.807, 2.05) is 13.0 Å². The van der Waals surface area contributed by atoms with Gasteiger partial charge in [0, 0.05) is 5.70 Å². The van der Waals surface area contributed by atoms with Gasteiger partial charge in [-0.15, -0.1) is 0 Å². The van der Waals surface area contributed by atoms with Crippen LogP contribution in [0.1, 0.15) is 49.2 Å². The lowest BCUT2D eigenvalue weighted by atomic mass is 9.94. The van der Waals surface area contributed by atoms with E-state index in [2.05, 4.69) is 10.6 Å². The molecular weight excluding hydrogens is 384 g/mol. The van der Waals surface area contributed by atoms with Crippen molar-refractivity contribution in [3.8, 4) is 5.75 Å². The standard InChI is InChI=1S/C23H24N2O5/c1-4-18-19(22(27)29-14(2)3)20(25-23(28)24-18)15-10-12-17(13-11-15)30-21(26)16-8-6-5-7-9-16/h5-14,20H,4H2,1-3H3,(H2,24,25,28). The number of hydrogen-bond donors (Lipinski definition) is 2. The first kappa shape index (κ1) is 21.1. The summed E-state index contributed by atoms with van der Waals surface area (Å²) in [6.07, 6.45) is 0.181. The molecule has 1 aliphatic heterocycles. The van der Waals surface area contributed by atoms with Crippen molar-refractivity contribution in [2.45, 2.75) is 39.3 Å². The minimum Gasteiger partial charge on any atom is -0.459 e. The quantitative estimate of drug-likeness (QED) is 0.559. The summed E-state index contributed by atoms with van der Waals surface area (Å²) >= 11 is 0. The van der Waals surface area contributed by atoms with E-state index in [0.29, 0.717) is 34.6 Å². The molecule has 0 aliphatic carbocycles. The predicted octanol–water partition coefficient (Wildman–Crippen LogP) is 3.88. The topological polar surface area (TPSA) is 93.7 Å². The molecule has 0 saturated heterocycles. The third-order valence-corrected chi connectivity index (χ3v) is 4.50. The van der Waals surface area contributed by atoms with Crippen LogP contribution >= 0.6 is 0 Å². The Balaban J connectivity index is 1.84. The Hall–Kier alpha value is -3.61. The maximum atomic E-state index is 12.7. The Kier molecular flexibility index (Phi) is 6.51. The van der Waals surface area contributed by atoms with Gasteiger partial charge in [0.05, 0.1) is 23.3 Å². The lowest BCUT2D eigenvalue weighted by Gasteiger charge is -2.29. The third kappa shape index (κ3) is 4.86. The summed E-state index contributed by atoms with van der Waals surface area (Å²) in [5.74, 6) is -0.592. The molecular formula is C23H24N2O5. The largest absolute Gasteiger partial charge is 0.459 e. The van der Waals surface area contributed by atoms with Gasteiger partial charge in [-0.1, -0.05) is 37.3 Å². The Morgan fingerprint density at radius 3 is 2.27 bits per heavy atom. The van der Waals surface area contributed by atoms with E-state index in [1.165, 1.54) is 0 Å². The molecule has 1 atom stereocenters. The van der Waals surface area contributed by atoms with Crippen LogP contribution in [-0.2, 0) is 9.53 Å². The van der Waals surface area contributed by atoms with E-state index in [9.17, 15) is 14.4 Å². The first-order chi connectivity index (χ1) is 14.4. The zero-order chi connectivity index (χ0) is 21.7. The van der Waals surface area contributed by atoms with Crippen molar-refractivity contribution >= 4 is 18.0 Å². The molecule has 0 spiro atoms. The van der Waals surface area contributed by atoms with Crippen LogP contribution in [0, 0.1) is 0 Å². The number of amides is 2. The van der Waals surface area contributed by atoms with Gasteiger partial charge in [-0.3, -0.25) is 0 Å². The molecule has 1 aliphatic rings. The molecule has 7 nitrogen and oxygen atoms in total. The minimum atomic E-state index is -0.668. The highest BCUT2D eigenvalue weighted by molar-refractivity contribution is 5.95. The van der Waals surface area contributed by atoms with Gasteiger partial charge in [0.15, 0.2) is 0 Å². The highest BCUT2D eigenvalue weighted by Crippen LogP contribution is 2.30. The number of esters is 2. The fraction of sp³-hybridized carbons (Fsp3) is 0.261. The van der Waals surface area contributed by atoms with Crippen LogP contribution in [-0.4, -0.2) is 24.1 Å². The molecule has 0 fully saturated rings. The molecule has 0 radical (unpaired) electrons. The molecule has 1 heterocycles. The van der Waals surface area contributed by atoms with Crippen molar-refractivity contribution in [1.82, 2.24) is 10.6 Å². The molecule has 30 heavy (non-hydrogen) atoms. The maximum absolute atomic E-state index is 12.7. The second-order valence-electron chi connectivity index (χ2n) is 7.06. The van der Waals surface area contributed by atoms with Gasteiger partial charge in [0.25, 0.3) is 0 Å². The van der Waals surface area contributed by atoms with Gasteiger partial charge in [-0.25, -0.2) is 14.4 Å². The summed E-state index contributed by atoms with van der Waals surface area (Å²) in [6, 6.07) is 14.3. The van der Waals surface area contributed by atoms with Gasteiger partial charge in [-0.05, 0) is 50.1 Å². The summed E-state index contributed by atoms with van der Waals surface area (Å²) in [4.78, 5) is 37.0. The number of nitrogens with one attached hydrogen (secondary N) is 2. The smallest absolute Gasteiger partial charge is 0.343 e. The summed E-state index contributed by atoms with van der Waals surface area (Å²) in [7, 11) is 0. The zero-order valence-electron chi connectivity index (χ0n) is 17.1. The number of benzene rings is 2. The number of ether oxygens (including phenoxy) is 2. The highest BCUT2D eigenvalue weighted by Gasteiger charge is 2.33. The Labute approximate surface area is 175 Å².